The van der Waals surface area contributed by atoms with Crippen molar-refractivity contribution in [2.24, 2.45) is 0 Å². The second-order valence-electron chi connectivity index (χ2n) is 5.67. The number of amides is 4. The average molecular weight is 401 g/mol. The number of nitrogens with zero attached hydrogens (tertiary/aromatic N) is 1. The molecule has 0 unspecified atom stereocenters. The fourth-order valence-corrected chi connectivity index (χ4v) is 2.74. The Hall–Kier alpha value is -3.65. The van der Waals surface area contributed by atoms with Gasteiger partial charge in [0.2, 0.25) is 0 Å². The van der Waals surface area contributed by atoms with Gasteiger partial charge in [0.1, 0.15) is 11.3 Å². The third-order valence-electron chi connectivity index (χ3n) is 3.73. The number of halogens is 1. The summed E-state index contributed by atoms with van der Waals surface area (Å²) in [6, 6.07) is 11.7. The van der Waals surface area contributed by atoms with Crippen molar-refractivity contribution >= 4 is 47.2 Å². The van der Waals surface area contributed by atoms with Gasteiger partial charge in [-0.15, -0.1) is 0 Å². The maximum atomic E-state index is 12.7. The lowest BCUT2D eigenvalue weighted by molar-refractivity contribution is -0.139. The second-order valence-corrected chi connectivity index (χ2v) is 6.07. The third kappa shape index (κ3) is 4.02. The first-order valence-corrected chi connectivity index (χ1v) is 8.35. The number of rotatable bonds is 5. The van der Waals surface area contributed by atoms with E-state index in [0.717, 1.165) is 4.90 Å². The van der Waals surface area contributed by atoms with E-state index in [1.165, 1.54) is 24.3 Å². The van der Waals surface area contributed by atoms with Gasteiger partial charge in [-0.2, -0.15) is 0 Å². The molecule has 2 aromatic rings. The van der Waals surface area contributed by atoms with Crippen molar-refractivity contribution in [3.05, 3.63) is 64.7 Å². The van der Waals surface area contributed by atoms with Crippen LogP contribution in [0.25, 0.3) is 6.08 Å². The summed E-state index contributed by atoms with van der Waals surface area (Å²) >= 11 is 6.05. The van der Waals surface area contributed by atoms with Gasteiger partial charge >= 0.3 is 12.0 Å². The van der Waals surface area contributed by atoms with Gasteiger partial charge in [0, 0.05) is 0 Å². The van der Waals surface area contributed by atoms with Gasteiger partial charge in [0.05, 0.1) is 10.7 Å². The number of carbonyl (C=O) groups excluding carboxylic acids is 3. The van der Waals surface area contributed by atoms with Crippen LogP contribution in [-0.2, 0) is 14.4 Å². The highest BCUT2D eigenvalue weighted by Crippen LogP contribution is 2.27. The van der Waals surface area contributed by atoms with Gasteiger partial charge in [-0.05, 0) is 35.9 Å². The number of carboxylic acids is 1. The van der Waals surface area contributed by atoms with Crippen LogP contribution in [-0.4, -0.2) is 35.5 Å². The Kier molecular flexibility index (Phi) is 5.42. The topological polar surface area (TPSA) is 113 Å². The van der Waals surface area contributed by atoms with E-state index < -0.39 is 30.4 Å². The summed E-state index contributed by atoms with van der Waals surface area (Å²) in [4.78, 5) is 48.4. The zero-order valence-corrected chi connectivity index (χ0v) is 15.0. The van der Waals surface area contributed by atoms with Crippen LogP contribution in [0.5, 0.6) is 5.75 Å². The molecule has 0 atom stereocenters. The van der Waals surface area contributed by atoms with Crippen LogP contribution in [0, 0.1) is 0 Å². The largest absolute Gasteiger partial charge is 0.480 e. The van der Waals surface area contributed by atoms with Crippen molar-refractivity contribution < 1.29 is 29.0 Å². The van der Waals surface area contributed by atoms with Crippen molar-refractivity contribution in [2.75, 3.05) is 11.5 Å². The van der Waals surface area contributed by atoms with E-state index in [2.05, 4.69) is 5.32 Å². The number of para-hydroxylation sites is 1. The zero-order chi connectivity index (χ0) is 20.3. The van der Waals surface area contributed by atoms with Gasteiger partial charge in [-0.3, -0.25) is 14.9 Å². The smallest absolute Gasteiger partial charge is 0.341 e. The second kappa shape index (κ2) is 7.93. The molecule has 8 nitrogen and oxygen atoms in total. The SMILES string of the molecule is O=C(O)COc1ccc(/C=C2\C(=O)NC(=O)N(c3ccccc3)C2=O)cc1Cl. The normalized spacial score (nSPS) is 15.5. The zero-order valence-electron chi connectivity index (χ0n) is 14.2. The van der Waals surface area contributed by atoms with E-state index in [4.69, 9.17) is 21.4 Å². The van der Waals surface area contributed by atoms with Crippen LogP contribution < -0.4 is 15.0 Å². The number of nitrogens with one attached hydrogen (secondary N) is 1. The van der Waals surface area contributed by atoms with E-state index >= 15 is 0 Å². The number of ether oxygens (including phenoxy) is 1. The number of benzene rings is 2. The van der Waals surface area contributed by atoms with E-state index in [1.54, 1.807) is 30.3 Å². The fourth-order valence-electron chi connectivity index (χ4n) is 2.50. The first-order chi connectivity index (χ1) is 13.4. The molecule has 0 aliphatic carbocycles. The molecule has 0 radical (unpaired) electrons. The Morgan fingerprint density at radius 3 is 2.50 bits per heavy atom. The standard InChI is InChI=1S/C19H13ClN2O6/c20-14-9-11(6-7-15(14)28-10-16(23)24)8-13-17(25)21-19(27)22(18(13)26)12-4-2-1-3-5-12/h1-9H,10H2,(H,23,24)(H,21,25,27)/b13-8+. The van der Waals surface area contributed by atoms with Crippen LogP contribution in [0.3, 0.4) is 0 Å². The maximum absolute atomic E-state index is 12.7. The van der Waals surface area contributed by atoms with E-state index in [0.29, 0.717) is 11.3 Å². The number of carboxylic acid groups (broad SMARTS) is 1. The molecule has 0 spiro atoms. The van der Waals surface area contributed by atoms with Gasteiger partial charge in [0.25, 0.3) is 11.8 Å². The van der Waals surface area contributed by atoms with Crippen LogP contribution in [0.15, 0.2) is 54.1 Å². The van der Waals surface area contributed by atoms with Gasteiger partial charge in [-0.1, -0.05) is 35.9 Å². The summed E-state index contributed by atoms with van der Waals surface area (Å²) < 4.78 is 5.02. The van der Waals surface area contributed by atoms with Crippen LogP contribution in [0.2, 0.25) is 5.02 Å². The number of hydrogen-bond acceptors (Lipinski definition) is 5. The van der Waals surface area contributed by atoms with Crippen molar-refractivity contribution in [3.8, 4) is 5.75 Å². The van der Waals surface area contributed by atoms with E-state index in [9.17, 15) is 19.2 Å². The van der Waals surface area contributed by atoms with Crippen molar-refractivity contribution in [2.45, 2.75) is 0 Å². The number of carbonyl (C=O) groups is 4. The highest BCUT2D eigenvalue weighted by Gasteiger charge is 2.36. The molecule has 2 N–H and O–H groups in total. The molecule has 0 aromatic heterocycles. The molecule has 142 valence electrons. The van der Waals surface area contributed by atoms with E-state index in [-0.39, 0.29) is 16.3 Å². The first kappa shape index (κ1) is 19.1. The minimum atomic E-state index is -1.16. The molecule has 2 aromatic carbocycles. The molecule has 4 amide bonds. The molecule has 1 fully saturated rings. The quantitative estimate of drug-likeness (QED) is 0.588. The minimum absolute atomic E-state index is 0.107. The summed E-state index contributed by atoms with van der Waals surface area (Å²) in [6.07, 6.45) is 1.28. The number of anilines is 1. The molecule has 0 bridgehead atoms. The lowest BCUT2D eigenvalue weighted by Crippen LogP contribution is -2.54. The molecule has 1 aliphatic heterocycles. The molecular weight excluding hydrogens is 388 g/mol. The summed E-state index contributed by atoms with van der Waals surface area (Å²) in [6.45, 7) is -0.560. The van der Waals surface area contributed by atoms with Crippen LogP contribution in [0.4, 0.5) is 10.5 Å². The van der Waals surface area contributed by atoms with Crippen LogP contribution >= 0.6 is 11.6 Å². The Labute approximate surface area is 164 Å². The molecule has 1 heterocycles. The first-order valence-electron chi connectivity index (χ1n) is 7.97. The van der Waals surface area contributed by atoms with Crippen molar-refractivity contribution in [3.63, 3.8) is 0 Å². The van der Waals surface area contributed by atoms with E-state index in [1.807, 2.05) is 0 Å². The van der Waals surface area contributed by atoms with Crippen LogP contribution in [0.1, 0.15) is 5.56 Å². The molecule has 1 aliphatic rings. The Balaban J connectivity index is 1.91. The Bertz CT molecular complexity index is 1000. The molecule has 3 rings (SSSR count). The van der Waals surface area contributed by atoms with Gasteiger partial charge < -0.3 is 9.84 Å². The number of aliphatic carboxylic acids is 1. The summed E-state index contributed by atoms with van der Waals surface area (Å²) in [5, 5.41) is 10.9. The lowest BCUT2D eigenvalue weighted by atomic mass is 10.1. The maximum Gasteiger partial charge on any atom is 0.341 e. The van der Waals surface area contributed by atoms with Crippen molar-refractivity contribution in [1.82, 2.24) is 5.32 Å². The molecular formula is C19H13ClN2O6. The number of barbiturate groups is 1. The lowest BCUT2D eigenvalue weighted by Gasteiger charge is -2.26. The summed E-state index contributed by atoms with van der Waals surface area (Å²) in [5.41, 5.74) is 0.464. The van der Waals surface area contributed by atoms with Gasteiger partial charge in [0.15, 0.2) is 6.61 Å². The monoisotopic (exact) mass is 400 g/mol. The highest BCUT2D eigenvalue weighted by atomic mass is 35.5. The minimum Gasteiger partial charge on any atom is -0.480 e. The predicted octanol–water partition coefficient (Wildman–Crippen LogP) is 2.47. The number of imide groups is 2. The third-order valence-corrected chi connectivity index (χ3v) is 4.03. The predicted molar refractivity (Wildman–Crippen MR) is 100 cm³/mol. The average Bonchev–Trinajstić information content (AvgIpc) is 2.65. The molecule has 9 heteroatoms. The molecule has 0 saturated carbocycles. The Morgan fingerprint density at radius 1 is 1.14 bits per heavy atom. The summed E-state index contributed by atoms with van der Waals surface area (Å²) in [7, 11) is 0. The number of urea groups is 1. The van der Waals surface area contributed by atoms with Gasteiger partial charge in [-0.25, -0.2) is 14.5 Å². The highest BCUT2D eigenvalue weighted by molar-refractivity contribution is 6.39. The molecule has 28 heavy (non-hydrogen) atoms. The Morgan fingerprint density at radius 2 is 1.86 bits per heavy atom. The van der Waals surface area contributed by atoms with Crippen molar-refractivity contribution in [1.29, 1.82) is 0 Å². The number of hydrogen-bond donors (Lipinski definition) is 2. The molecule has 1 saturated heterocycles. The summed E-state index contributed by atoms with van der Waals surface area (Å²) in [5.74, 6) is -2.61. The fraction of sp³-hybridized carbons (Fsp3) is 0.0526.